The van der Waals surface area contributed by atoms with Crippen molar-refractivity contribution in [2.24, 2.45) is 0 Å². The van der Waals surface area contributed by atoms with Crippen LogP contribution in [-0.2, 0) is 4.79 Å². The molecule has 1 aromatic heterocycles. The fraction of sp³-hybridized carbons (Fsp3) is 0.200. The maximum absolute atomic E-state index is 12.1. The SMILES string of the molecule is Cc1cccc(C)c1NC(=O)NC(=O)CSc1nc2ccccc2nc1C. The van der Waals surface area contributed by atoms with E-state index in [9.17, 15) is 9.59 Å². The van der Waals surface area contributed by atoms with Crippen LogP contribution < -0.4 is 10.6 Å². The first-order valence-corrected chi connectivity index (χ1v) is 9.46. The minimum absolute atomic E-state index is 0.0774. The minimum atomic E-state index is -0.542. The predicted molar refractivity (Wildman–Crippen MR) is 108 cm³/mol. The second-order valence-corrected chi connectivity index (χ2v) is 7.12. The number of rotatable bonds is 4. The smallest absolute Gasteiger partial charge is 0.307 e. The van der Waals surface area contributed by atoms with Gasteiger partial charge in [0.15, 0.2) is 0 Å². The Hall–Kier alpha value is -2.93. The normalized spacial score (nSPS) is 10.6. The lowest BCUT2D eigenvalue weighted by Gasteiger charge is -2.12. The molecule has 0 aliphatic rings. The number of aryl methyl sites for hydroxylation is 3. The summed E-state index contributed by atoms with van der Waals surface area (Å²) in [4.78, 5) is 33.3. The number of hydrogen-bond donors (Lipinski definition) is 2. The third-order valence-corrected chi connectivity index (χ3v) is 5.08. The molecule has 6 nitrogen and oxygen atoms in total. The second kappa shape index (κ2) is 8.18. The van der Waals surface area contributed by atoms with Crippen LogP contribution in [0.3, 0.4) is 0 Å². The van der Waals surface area contributed by atoms with Crippen LogP contribution >= 0.6 is 11.8 Å². The Bertz CT molecular complexity index is 1000. The number of anilines is 1. The molecule has 3 aromatic rings. The summed E-state index contributed by atoms with van der Waals surface area (Å²) in [5.41, 5.74) is 4.94. The van der Waals surface area contributed by atoms with Gasteiger partial charge in [-0.15, -0.1) is 0 Å². The van der Waals surface area contributed by atoms with E-state index in [1.54, 1.807) is 0 Å². The van der Waals surface area contributed by atoms with E-state index in [-0.39, 0.29) is 5.75 Å². The quantitative estimate of drug-likeness (QED) is 0.669. The van der Waals surface area contributed by atoms with Crippen molar-refractivity contribution in [2.45, 2.75) is 25.8 Å². The van der Waals surface area contributed by atoms with E-state index in [4.69, 9.17) is 0 Å². The van der Waals surface area contributed by atoms with Gasteiger partial charge in [0.05, 0.1) is 22.5 Å². The van der Waals surface area contributed by atoms with E-state index in [0.29, 0.717) is 10.7 Å². The number of urea groups is 1. The number of nitrogens with zero attached hydrogens (tertiary/aromatic N) is 2. The fourth-order valence-corrected chi connectivity index (χ4v) is 3.42. The van der Waals surface area contributed by atoms with Gasteiger partial charge in [-0.2, -0.15) is 0 Å². The van der Waals surface area contributed by atoms with Crippen LogP contribution in [0, 0.1) is 20.8 Å². The highest BCUT2D eigenvalue weighted by Gasteiger charge is 2.13. The Morgan fingerprint density at radius 3 is 2.22 bits per heavy atom. The molecular weight excluding hydrogens is 360 g/mol. The van der Waals surface area contributed by atoms with Crippen LogP contribution in [0.1, 0.15) is 16.8 Å². The van der Waals surface area contributed by atoms with Crippen molar-refractivity contribution in [1.82, 2.24) is 15.3 Å². The van der Waals surface area contributed by atoms with E-state index in [1.165, 1.54) is 11.8 Å². The van der Waals surface area contributed by atoms with E-state index in [2.05, 4.69) is 20.6 Å². The van der Waals surface area contributed by atoms with Crippen molar-refractivity contribution in [3.05, 3.63) is 59.3 Å². The van der Waals surface area contributed by atoms with E-state index >= 15 is 0 Å². The van der Waals surface area contributed by atoms with Crippen molar-refractivity contribution in [1.29, 1.82) is 0 Å². The summed E-state index contributed by atoms with van der Waals surface area (Å²) in [6.45, 7) is 5.66. The molecule has 0 saturated heterocycles. The number of carbonyl (C=O) groups is 2. The van der Waals surface area contributed by atoms with E-state index in [1.807, 2.05) is 63.2 Å². The molecule has 138 valence electrons. The second-order valence-electron chi connectivity index (χ2n) is 6.16. The molecule has 2 N–H and O–H groups in total. The number of thioether (sulfide) groups is 1. The largest absolute Gasteiger partial charge is 0.325 e. The van der Waals surface area contributed by atoms with Crippen LogP contribution in [0.5, 0.6) is 0 Å². The van der Waals surface area contributed by atoms with Crippen molar-refractivity contribution >= 4 is 40.4 Å². The average molecular weight is 380 g/mol. The lowest BCUT2D eigenvalue weighted by molar-refractivity contribution is -0.117. The Morgan fingerprint density at radius 2 is 1.56 bits per heavy atom. The van der Waals surface area contributed by atoms with Crippen LogP contribution in [0.15, 0.2) is 47.5 Å². The van der Waals surface area contributed by atoms with E-state index < -0.39 is 11.9 Å². The molecule has 0 bridgehead atoms. The summed E-state index contributed by atoms with van der Waals surface area (Å²) in [6.07, 6.45) is 0. The molecule has 0 fully saturated rings. The number of fused-ring (bicyclic) bond motifs is 1. The van der Waals surface area contributed by atoms with Crippen molar-refractivity contribution in [3.63, 3.8) is 0 Å². The summed E-state index contributed by atoms with van der Waals surface area (Å²) in [5.74, 6) is -0.313. The Morgan fingerprint density at radius 1 is 0.926 bits per heavy atom. The number of imide groups is 1. The molecule has 1 heterocycles. The first-order chi connectivity index (χ1) is 12.9. The summed E-state index contributed by atoms with van der Waals surface area (Å²) in [6, 6.07) is 12.8. The van der Waals surface area contributed by atoms with Gasteiger partial charge in [-0.1, -0.05) is 42.1 Å². The lowest BCUT2D eigenvalue weighted by Crippen LogP contribution is -2.35. The maximum Gasteiger partial charge on any atom is 0.325 e. The molecule has 0 unspecified atom stereocenters. The fourth-order valence-electron chi connectivity index (χ4n) is 2.66. The average Bonchev–Trinajstić information content (AvgIpc) is 2.63. The first kappa shape index (κ1) is 18.8. The molecule has 0 atom stereocenters. The van der Waals surface area contributed by atoms with Crippen molar-refractivity contribution < 1.29 is 9.59 Å². The zero-order valence-corrected chi connectivity index (χ0v) is 16.2. The Labute approximate surface area is 161 Å². The zero-order chi connectivity index (χ0) is 19.4. The van der Waals surface area contributed by atoms with Gasteiger partial charge in [-0.25, -0.2) is 14.8 Å². The maximum atomic E-state index is 12.1. The highest BCUT2D eigenvalue weighted by molar-refractivity contribution is 7.99. The summed E-state index contributed by atoms with van der Waals surface area (Å²) < 4.78 is 0. The van der Waals surface area contributed by atoms with Crippen molar-refractivity contribution in [3.8, 4) is 0 Å². The molecule has 0 aliphatic heterocycles. The van der Waals surface area contributed by atoms with Gasteiger partial charge in [-0.05, 0) is 44.0 Å². The molecule has 7 heteroatoms. The number of nitrogens with one attached hydrogen (secondary N) is 2. The molecule has 3 rings (SSSR count). The van der Waals surface area contributed by atoms with Gasteiger partial charge in [0.1, 0.15) is 5.03 Å². The predicted octanol–water partition coefficient (Wildman–Crippen LogP) is 4.00. The van der Waals surface area contributed by atoms with Gasteiger partial charge in [0, 0.05) is 5.69 Å². The zero-order valence-electron chi connectivity index (χ0n) is 15.4. The Kier molecular flexibility index (Phi) is 5.71. The molecule has 0 radical (unpaired) electrons. The number of benzene rings is 2. The lowest BCUT2D eigenvalue weighted by atomic mass is 10.1. The number of carbonyl (C=O) groups excluding carboxylic acids is 2. The van der Waals surface area contributed by atoms with E-state index in [0.717, 1.165) is 27.9 Å². The number of para-hydroxylation sites is 3. The first-order valence-electron chi connectivity index (χ1n) is 8.47. The Balaban J connectivity index is 1.60. The highest BCUT2D eigenvalue weighted by Crippen LogP contribution is 2.22. The summed E-state index contributed by atoms with van der Waals surface area (Å²) in [5, 5.41) is 5.77. The monoisotopic (exact) mass is 380 g/mol. The van der Waals surface area contributed by atoms with Gasteiger partial charge < -0.3 is 5.32 Å². The van der Waals surface area contributed by atoms with Crippen LogP contribution in [0.2, 0.25) is 0 Å². The molecule has 0 spiro atoms. The standard InChI is InChI=1S/C20H20N4O2S/c1-12-7-6-8-13(2)18(12)24-20(26)23-17(25)11-27-19-14(3)21-15-9-4-5-10-16(15)22-19/h4-10H,11H2,1-3H3,(H2,23,24,25,26). The summed E-state index contributed by atoms with van der Waals surface area (Å²) >= 11 is 1.26. The van der Waals surface area contributed by atoms with Gasteiger partial charge in [-0.3, -0.25) is 10.1 Å². The molecular formula is C20H20N4O2S. The number of aromatic nitrogens is 2. The number of amides is 3. The topological polar surface area (TPSA) is 84.0 Å². The van der Waals surface area contributed by atoms with Gasteiger partial charge in [0.2, 0.25) is 5.91 Å². The molecule has 0 aliphatic carbocycles. The number of hydrogen-bond acceptors (Lipinski definition) is 5. The van der Waals surface area contributed by atoms with Gasteiger partial charge in [0.25, 0.3) is 0 Å². The molecule has 0 saturated carbocycles. The van der Waals surface area contributed by atoms with Gasteiger partial charge >= 0.3 is 6.03 Å². The minimum Gasteiger partial charge on any atom is -0.307 e. The third-order valence-electron chi connectivity index (χ3n) is 4.01. The van der Waals surface area contributed by atoms with Crippen LogP contribution in [-0.4, -0.2) is 27.7 Å². The van der Waals surface area contributed by atoms with Crippen molar-refractivity contribution in [2.75, 3.05) is 11.1 Å². The molecule has 2 aromatic carbocycles. The molecule has 27 heavy (non-hydrogen) atoms. The van der Waals surface area contributed by atoms with Crippen LogP contribution in [0.4, 0.5) is 10.5 Å². The molecule has 3 amide bonds. The van der Waals surface area contributed by atoms with Crippen LogP contribution in [0.25, 0.3) is 11.0 Å². The highest BCUT2D eigenvalue weighted by atomic mass is 32.2. The third kappa shape index (κ3) is 4.62. The summed E-state index contributed by atoms with van der Waals surface area (Å²) in [7, 11) is 0.